The second-order valence-electron chi connectivity index (χ2n) is 6.01. The van der Waals surface area contributed by atoms with E-state index in [1.54, 1.807) is 6.07 Å². The molecule has 4 heterocycles. The van der Waals surface area contributed by atoms with Crippen LogP contribution in [0.25, 0.3) is 0 Å². The molecule has 3 aliphatic heterocycles. The molecule has 0 unspecified atom stereocenters. The summed E-state index contributed by atoms with van der Waals surface area (Å²) in [4.78, 5) is 17.1. The molecule has 3 saturated heterocycles. The third-order valence-corrected chi connectivity index (χ3v) is 4.45. The molecule has 0 aromatic carbocycles. The number of aromatic amines is 1. The van der Waals surface area contributed by atoms with Crippen LogP contribution in [0.5, 0.6) is 0 Å². The molecule has 3 N–H and O–H groups in total. The van der Waals surface area contributed by atoms with Gasteiger partial charge in [0.05, 0.1) is 0 Å². The number of carbonyl (C=O) groups excluding carboxylic acids is 1. The highest BCUT2D eigenvalue weighted by atomic mass is 16.2. The van der Waals surface area contributed by atoms with E-state index in [1.807, 2.05) is 4.90 Å². The average Bonchev–Trinajstić information content (AvgIpc) is 2.68. The molecule has 20 heavy (non-hydrogen) atoms. The molecule has 0 spiro atoms. The highest BCUT2D eigenvalue weighted by Crippen LogP contribution is 2.28. The standard InChI is InChI=1S/C14H23N5O/c1-2-5-18-7-10-3-4-11(18)9-19(8-10)14(20)12-6-13(15)17-16-12/h6,10-11H,2-5,7-9H2,1H3,(H3,15,16,17)/t10-,11-/m1/s1. The highest BCUT2D eigenvalue weighted by molar-refractivity contribution is 5.93. The Morgan fingerprint density at radius 3 is 3.00 bits per heavy atom. The molecule has 1 aromatic heterocycles. The number of aromatic nitrogens is 2. The fraction of sp³-hybridized carbons (Fsp3) is 0.714. The Kier molecular flexibility index (Phi) is 3.65. The van der Waals surface area contributed by atoms with Crippen LogP contribution >= 0.6 is 0 Å². The van der Waals surface area contributed by atoms with Crippen LogP contribution in [0, 0.1) is 5.92 Å². The van der Waals surface area contributed by atoms with Crippen LogP contribution in [-0.2, 0) is 0 Å². The van der Waals surface area contributed by atoms with E-state index in [2.05, 4.69) is 22.0 Å². The first-order chi connectivity index (χ1) is 9.67. The normalized spacial score (nSPS) is 26.8. The molecule has 0 radical (unpaired) electrons. The van der Waals surface area contributed by atoms with Gasteiger partial charge < -0.3 is 10.6 Å². The summed E-state index contributed by atoms with van der Waals surface area (Å²) in [5.41, 5.74) is 6.09. The summed E-state index contributed by atoms with van der Waals surface area (Å²) in [5.74, 6) is 1.01. The number of nitrogens with zero attached hydrogens (tertiary/aromatic N) is 3. The first-order valence-corrected chi connectivity index (χ1v) is 7.51. The van der Waals surface area contributed by atoms with E-state index < -0.39 is 0 Å². The fourth-order valence-corrected chi connectivity index (χ4v) is 3.52. The van der Waals surface area contributed by atoms with Crippen LogP contribution in [0.1, 0.15) is 36.7 Å². The summed E-state index contributed by atoms with van der Waals surface area (Å²) in [7, 11) is 0. The van der Waals surface area contributed by atoms with Crippen molar-refractivity contribution < 1.29 is 4.79 Å². The molecule has 1 amide bonds. The lowest BCUT2D eigenvalue weighted by atomic mass is 9.95. The van der Waals surface area contributed by atoms with Crippen LogP contribution in [0.4, 0.5) is 5.82 Å². The van der Waals surface area contributed by atoms with Gasteiger partial charge in [-0.3, -0.25) is 14.8 Å². The molecule has 2 bridgehead atoms. The molecule has 3 aliphatic rings. The van der Waals surface area contributed by atoms with Gasteiger partial charge in [0.1, 0.15) is 11.5 Å². The SMILES string of the molecule is CCCN1C[C@H]2CC[C@@H]1CN(C(=O)c1cc(N)n[nH]1)C2. The summed E-state index contributed by atoms with van der Waals surface area (Å²) in [6, 6.07) is 2.14. The first kappa shape index (κ1) is 13.4. The third-order valence-electron chi connectivity index (χ3n) is 4.45. The maximum absolute atomic E-state index is 12.5. The molecule has 0 saturated carbocycles. The molecule has 4 rings (SSSR count). The molecule has 110 valence electrons. The summed E-state index contributed by atoms with van der Waals surface area (Å²) in [6.45, 7) is 6.17. The monoisotopic (exact) mass is 277 g/mol. The van der Waals surface area contributed by atoms with Crippen LogP contribution in [0.3, 0.4) is 0 Å². The van der Waals surface area contributed by atoms with Gasteiger partial charge in [0.25, 0.3) is 5.91 Å². The van der Waals surface area contributed by atoms with Gasteiger partial charge in [0.2, 0.25) is 0 Å². The molecule has 3 fully saturated rings. The molecular formula is C14H23N5O. The number of nitrogens with one attached hydrogen (secondary N) is 1. The first-order valence-electron chi connectivity index (χ1n) is 7.51. The van der Waals surface area contributed by atoms with Gasteiger partial charge in [-0.15, -0.1) is 0 Å². The van der Waals surface area contributed by atoms with Gasteiger partial charge in [0, 0.05) is 31.7 Å². The number of piperidine rings is 1. The van der Waals surface area contributed by atoms with Crippen molar-refractivity contribution in [3.05, 3.63) is 11.8 Å². The van der Waals surface area contributed by atoms with Crippen molar-refractivity contribution in [2.24, 2.45) is 5.92 Å². The number of hydrogen-bond donors (Lipinski definition) is 2. The van der Waals surface area contributed by atoms with Gasteiger partial charge in [0.15, 0.2) is 0 Å². The second kappa shape index (κ2) is 5.44. The summed E-state index contributed by atoms with van der Waals surface area (Å²) >= 11 is 0. The zero-order valence-corrected chi connectivity index (χ0v) is 12.0. The minimum Gasteiger partial charge on any atom is -0.382 e. The van der Waals surface area contributed by atoms with Crippen molar-refractivity contribution in [3.63, 3.8) is 0 Å². The number of carbonyl (C=O) groups is 1. The van der Waals surface area contributed by atoms with E-state index in [-0.39, 0.29) is 5.91 Å². The van der Waals surface area contributed by atoms with Crippen molar-refractivity contribution in [1.29, 1.82) is 0 Å². The smallest absolute Gasteiger partial charge is 0.272 e. The van der Waals surface area contributed by atoms with Gasteiger partial charge in [-0.05, 0) is 31.7 Å². The Morgan fingerprint density at radius 1 is 1.45 bits per heavy atom. The van der Waals surface area contributed by atoms with Crippen LogP contribution in [-0.4, -0.2) is 58.1 Å². The van der Waals surface area contributed by atoms with Gasteiger partial charge >= 0.3 is 0 Å². The number of hydrogen-bond acceptors (Lipinski definition) is 4. The topological polar surface area (TPSA) is 78.2 Å². The van der Waals surface area contributed by atoms with Crippen molar-refractivity contribution in [2.75, 3.05) is 31.9 Å². The Hall–Kier alpha value is -1.56. The van der Waals surface area contributed by atoms with E-state index in [9.17, 15) is 4.79 Å². The van der Waals surface area contributed by atoms with Gasteiger partial charge in [-0.25, -0.2) is 0 Å². The molecule has 6 nitrogen and oxygen atoms in total. The van der Waals surface area contributed by atoms with Crippen LogP contribution in [0.15, 0.2) is 6.07 Å². The zero-order valence-electron chi connectivity index (χ0n) is 12.0. The maximum Gasteiger partial charge on any atom is 0.272 e. The Bertz CT molecular complexity index is 486. The van der Waals surface area contributed by atoms with Gasteiger partial charge in [-0.2, -0.15) is 5.10 Å². The number of H-pyrrole nitrogens is 1. The summed E-state index contributed by atoms with van der Waals surface area (Å²) in [6.07, 6.45) is 3.62. The largest absolute Gasteiger partial charge is 0.382 e. The molecule has 2 atom stereocenters. The lowest BCUT2D eigenvalue weighted by molar-refractivity contribution is 0.0732. The van der Waals surface area contributed by atoms with Crippen molar-refractivity contribution in [1.82, 2.24) is 20.0 Å². The highest BCUT2D eigenvalue weighted by Gasteiger charge is 2.36. The number of nitrogens with two attached hydrogens (primary N) is 1. The third kappa shape index (κ3) is 2.52. The average molecular weight is 277 g/mol. The summed E-state index contributed by atoms with van der Waals surface area (Å²) < 4.78 is 0. The van der Waals surface area contributed by atoms with E-state index in [0.29, 0.717) is 23.5 Å². The van der Waals surface area contributed by atoms with Crippen molar-refractivity contribution in [3.8, 4) is 0 Å². The van der Waals surface area contributed by atoms with Crippen molar-refractivity contribution >= 4 is 11.7 Å². The van der Waals surface area contributed by atoms with Crippen LogP contribution in [0.2, 0.25) is 0 Å². The molecular weight excluding hydrogens is 254 g/mol. The number of nitrogen functional groups attached to an aromatic ring is 1. The Labute approximate surface area is 119 Å². The van der Waals surface area contributed by atoms with E-state index in [1.165, 1.54) is 19.3 Å². The lowest BCUT2D eigenvalue weighted by Crippen LogP contribution is -2.44. The molecule has 6 heteroatoms. The van der Waals surface area contributed by atoms with E-state index in [0.717, 1.165) is 26.2 Å². The van der Waals surface area contributed by atoms with Crippen molar-refractivity contribution in [2.45, 2.75) is 32.2 Å². The van der Waals surface area contributed by atoms with Crippen LogP contribution < -0.4 is 5.73 Å². The minimum atomic E-state index is 0.0319. The number of amides is 1. The maximum atomic E-state index is 12.5. The molecule has 0 aliphatic carbocycles. The minimum absolute atomic E-state index is 0.0319. The predicted octanol–water partition coefficient (Wildman–Crippen LogP) is 0.938. The predicted molar refractivity (Wildman–Crippen MR) is 77.3 cm³/mol. The Balaban J connectivity index is 1.74. The molecule has 1 aromatic rings. The Morgan fingerprint density at radius 2 is 2.30 bits per heavy atom. The van der Waals surface area contributed by atoms with E-state index >= 15 is 0 Å². The lowest BCUT2D eigenvalue weighted by Gasteiger charge is -2.35. The number of rotatable bonds is 3. The van der Waals surface area contributed by atoms with E-state index in [4.69, 9.17) is 5.73 Å². The number of fused-ring (bicyclic) bond motifs is 4. The van der Waals surface area contributed by atoms with Gasteiger partial charge in [-0.1, -0.05) is 6.92 Å². The quantitative estimate of drug-likeness (QED) is 0.862. The summed E-state index contributed by atoms with van der Waals surface area (Å²) in [5, 5.41) is 6.58. The number of anilines is 1. The zero-order chi connectivity index (χ0) is 14.1. The second-order valence-corrected chi connectivity index (χ2v) is 6.01. The fourth-order valence-electron chi connectivity index (χ4n) is 3.52.